The van der Waals surface area contributed by atoms with Crippen LogP contribution in [0.5, 0.6) is 0 Å². The number of guanidine groups is 1. The highest BCUT2D eigenvalue weighted by Crippen LogP contribution is 2.22. The van der Waals surface area contributed by atoms with Crippen molar-refractivity contribution in [3.05, 3.63) is 51.4 Å². The van der Waals surface area contributed by atoms with E-state index in [2.05, 4.69) is 56.2 Å². The number of hydrogen-bond acceptors (Lipinski definition) is 4. The quantitative estimate of drug-likeness (QED) is 0.225. The zero-order chi connectivity index (χ0) is 18.8. The van der Waals surface area contributed by atoms with Crippen molar-refractivity contribution in [2.24, 2.45) is 4.99 Å². The number of hydrogen-bond donors (Lipinski definition) is 2. The molecule has 2 heterocycles. The standard InChI is InChI=1S/C19H28ClN5S.HI/c1-4-25(5-2)17(16-9-11-26-14-16)13-24-19(21-3)22-10-8-15-6-7-18(20)23-12-15;/h6-7,9,11-12,14,17H,4-5,8,10,13H2,1-3H3,(H2,21,22,24);1H. The fourth-order valence-electron chi connectivity index (χ4n) is 2.88. The highest BCUT2D eigenvalue weighted by atomic mass is 127. The van der Waals surface area contributed by atoms with Crippen LogP contribution in [0.3, 0.4) is 0 Å². The Morgan fingerprint density at radius 3 is 2.59 bits per heavy atom. The van der Waals surface area contributed by atoms with Gasteiger partial charge in [-0.2, -0.15) is 11.3 Å². The summed E-state index contributed by atoms with van der Waals surface area (Å²) in [4.78, 5) is 10.9. The lowest BCUT2D eigenvalue weighted by Gasteiger charge is -2.30. The van der Waals surface area contributed by atoms with Gasteiger partial charge < -0.3 is 10.6 Å². The van der Waals surface area contributed by atoms with Gasteiger partial charge in [0.1, 0.15) is 5.15 Å². The van der Waals surface area contributed by atoms with Crippen molar-refractivity contribution in [2.45, 2.75) is 26.3 Å². The normalized spacial score (nSPS) is 12.6. The monoisotopic (exact) mass is 521 g/mol. The third kappa shape index (κ3) is 7.93. The summed E-state index contributed by atoms with van der Waals surface area (Å²) in [7, 11) is 1.80. The third-order valence-electron chi connectivity index (χ3n) is 4.36. The maximum atomic E-state index is 5.82. The van der Waals surface area contributed by atoms with Crippen molar-refractivity contribution in [3.8, 4) is 0 Å². The highest BCUT2D eigenvalue weighted by Gasteiger charge is 2.18. The molecule has 0 amide bonds. The maximum absolute atomic E-state index is 5.82. The molecular weight excluding hydrogens is 493 g/mol. The van der Waals surface area contributed by atoms with E-state index in [0.717, 1.165) is 44.1 Å². The molecule has 2 aromatic rings. The number of rotatable bonds is 9. The topological polar surface area (TPSA) is 52.5 Å². The Morgan fingerprint density at radius 1 is 1.26 bits per heavy atom. The van der Waals surface area contributed by atoms with Gasteiger partial charge in [-0.3, -0.25) is 9.89 Å². The first-order chi connectivity index (χ1) is 12.7. The van der Waals surface area contributed by atoms with Gasteiger partial charge in [0, 0.05) is 26.3 Å². The Hall–Kier alpha value is -0.900. The molecule has 8 heteroatoms. The van der Waals surface area contributed by atoms with Crippen LogP contribution in [0.25, 0.3) is 0 Å². The number of nitrogens with one attached hydrogen (secondary N) is 2. The van der Waals surface area contributed by atoms with Crippen LogP contribution in [-0.2, 0) is 6.42 Å². The first kappa shape index (κ1) is 24.1. The Bertz CT molecular complexity index is 659. The van der Waals surface area contributed by atoms with Crippen LogP contribution in [0.4, 0.5) is 0 Å². The number of aliphatic imine (C=N–C) groups is 1. The second-order valence-electron chi connectivity index (χ2n) is 5.91. The zero-order valence-corrected chi connectivity index (χ0v) is 20.0. The molecule has 150 valence electrons. The summed E-state index contributed by atoms with van der Waals surface area (Å²) in [5, 5.41) is 11.7. The lowest BCUT2D eigenvalue weighted by Crippen LogP contribution is -2.43. The van der Waals surface area contributed by atoms with E-state index < -0.39 is 0 Å². The molecule has 27 heavy (non-hydrogen) atoms. The van der Waals surface area contributed by atoms with Crippen molar-refractivity contribution >= 4 is 52.9 Å². The maximum Gasteiger partial charge on any atom is 0.191 e. The van der Waals surface area contributed by atoms with E-state index in [1.165, 1.54) is 5.56 Å². The van der Waals surface area contributed by atoms with E-state index in [0.29, 0.717) is 11.2 Å². The highest BCUT2D eigenvalue weighted by molar-refractivity contribution is 14.0. The molecular formula is C19H29ClIN5S. The number of thiophene rings is 1. The number of likely N-dealkylation sites (N-methyl/N-ethyl adjacent to an activating group) is 1. The summed E-state index contributed by atoms with van der Waals surface area (Å²) in [6.07, 6.45) is 2.68. The first-order valence-corrected chi connectivity index (χ1v) is 10.3. The SMILES string of the molecule is CCN(CC)C(CNC(=NC)NCCc1ccc(Cl)nc1)c1ccsc1.I. The first-order valence-electron chi connectivity index (χ1n) is 8.99. The van der Waals surface area contributed by atoms with Crippen molar-refractivity contribution in [1.82, 2.24) is 20.5 Å². The lowest BCUT2D eigenvalue weighted by molar-refractivity contribution is 0.219. The Morgan fingerprint density at radius 2 is 2.04 bits per heavy atom. The van der Waals surface area contributed by atoms with Gasteiger partial charge >= 0.3 is 0 Å². The molecule has 0 spiro atoms. The zero-order valence-electron chi connectivity index (χ0n) is 16.1. The summed E-state index contributed by atoms with van der Waals surface area (Å²) in [6.45, 7) is 8.06. The van der Waals surface area contributed by atoms with Crippen LogP contribution in [0.15, 0.2) is 40.1 Å². The van der Waals surface area contributed by atoms with Gasteiger partial charge in [-0.1, -0.05) is 31.5 Å². The van der Waals surface area contributed by atoms with Crippen LogP contribution in [0, 0.1) is 0 Å². The molecule has 0 radical (unpaired) electrons. The molecule has 0 aliphatic rings. The van der Waals surface area contributed by atoms with Gasteiger partial charge in [-0.15, -0.1) is 24.0 Å². The molecule has 0 aliphatic heterocycles. The van der Waals surface area contributed by atoms with Crippen LogP contribution in [0.2, 0.25) is 5.15 Å². The minimum atomic E-state index is 0. The van der Waals surface area contributed by atoms with Crippen LogP contribution < -0.4 is 10.6 Å². The second kappa shape index (κ2) is 13.3. The van der Waals surface area contributed by atoms with Gasteiger partial charge in [-0.05, 0) is 53.5 Å². The van der Waals surface area contributed by atoms with E-state index in [9.17, 15) is 0 Å². The Balaban J connectivity index is 0.00000364. The molecule has 2 aromatic heterocycles. The molecule has 1 atom stereocenters. The van der Waals surface area contributed by atoms with Crippen molar-refractivity contribution < 1.29 is 0 Å². The van der Waals surface area contributed by atoms with Crippen LogP contribution in [-0.4, -0.2) is 49.1 Å². The average molecular weight is 522 g/mol. The summed E-state index contributed by atoms with van der Waals surface area (Å²) >= 11 is 7.57. The third-order valence-corrected chi connectivity index (χ3v) is 5.29. The molecule has 0 saturated heterocycles. The fraction of sp³-hybridized carbons (Fsp3) is 0.474. The number of nitrogens with zero attached hydrogens (tertiary/aromatic N) is 3. The fourth-order valence-corrected chi connectivity index (χ4v) is 3.70. The number of pyridine rings is 1. The van der Waals surface area contributed by atoms with E-state index in [1.54, 1.807) is 18.4 Å². The summed E-state index contributed by atoms with van der Waals surface area (Å²) in [6, 6.07) is 6.37. The molecule has 1 unspecified atom stereocenters. The molecule has 0 bridgehead atoms. The van der Waals surface area contributed by atoms with Gasteiger partial charge in [0.15, 0.2) is 5.96 Å². The Labute approximate surface area is 188 Å². The average Bonchev–Trinajstić information content (AvgIpc) is 3.19. The van der Waals surface area contributed by atoms with E-state index >= 15 is 0 Å². The number of halogens is 2. The molecule has 0 aromatic carbocycles. The molecule has 0 fully saturated rings. The molecule has 5 nitrogen and oxygen atoms in total. The smallest absolute Gasteiger partial charge is 0.191 e. The molecule has 0 saturated carbocycles. The van der Waals surface area contributed by atoms with Crippen LogP contribution in [0.1, 0.15) is 31.0 Å². The van der Waals surface area contributed by atoms with Crippen LogP contribution >= 0.6 is 46.9 Å². The number of aromatic nitrogens is 1. The van der Waals surface area contributed by atoms with Gasteiger partial charge in [0.25, 0.3) is 0 Å². The van der Waals surface area contributed by atoms with E-state index in [1.807, 2.05) is 18.3 Å². The molecule has 2 N–H and O–H groups in total. The summed E-state index contributed by atoms with van der Waals surface area (Å²) in [5.74, 6) is 0.819. The predicted octanol–water partition coefficient (Wildman–Crippen LogP) is 4.21. The van der Waals surface area contributed by atoms with Gasteiger partial charge in [0.05, 0.1) is 6.04 Å². The second-order valence-corrected chi connectivity index (χ2v) is 7.08. The lowest BCUT2D eigenvalue weighted by atomic mass is 10.1. The van der Waals surface area contributed by atoms with Gasteiger partial charge in [-0.25, -0.2) is 4.98 Å². The van der Waals surface area contributed by atoms with Crippen molar-refractivity contribution in [3.63, 3.8) is 0 Å². The molecule has 0 aliphatic carbocycles. The van der Waals surface area contributed by atoms with E-state index in [4.69, 9.17) is 11.6 Å². The summed E-state index contributed by atoms with van der Waals surface area (Å²) in [5.41, 5.74) is 2.51. The minimum Gasteiger partial charge on any atom is -0.356 e. The predicted molar refractivity (Wildman–Crippen MR) is 128 cm³/mol. The molecule has 2 rings (SSSR count). The summed E-state index contributed by atoms with van der Waals surface area (Å²) < 4.78 is 0. The van der Waals surface area contributed by atoms with Crippen molar-refractivity contribution in [2.75, 3.05) is 33.2 Å². The van der Waals surface area contributed by atoms with Crippen molar-refractivity contribution in [1.29, 1.82) is 0 Å². The minimum absolute atomic E-state index is 0. The largest absolute Gasteiger partial charge is 0.356 e. The van der Waals surface area contributed by atoms with E-state index in [-0.39, 0.29) is 24.0 Å². The van der Waals surface area contributed by atoms with Gasteiger partial charge in [0.2, 0.25) is 0 Å². The Kier molecular flexibility index (Phi) is 11.9.